The van der Waals surface area contributed by atoms with E-state index < -0.39 is 0 Å². The highest BCUT2D eigenvalue weighted by Gasteiger charge is 2.19. The number of aryl methyl sites for hydroxylation is 4. The molecule has 0 bridgehead atoms. The molecule has 0 unspecified atom stereocenters. The molecule has 3 N–H and O–H groups in total. The SMILES string of the molecule is CCc1nc(C)ccc1Oc1c(C(=N)N)c(C)nn1C. The lowest BCUT2D eigenvalue weighted by atomic mass is 10.2. The second-order valence-corrected chi connectivity index (χ2v) is 4.66. The zero-order valence-electron chi connectivity index (χ0n) is 12.2. The number of hydrogen-bond acceptors (Lipinski definition) is 4. The summed E-state index contributed by atoms with van der Waals surface area (Å²) in [4.78, 5) is 4.46. The molecule has 6 nitrogen and oxygen atoms in total. The van der Waals surface area contributed by atoms with E-state index in [0.717, 1.165) is 17.8 Å². The van der Waals surface area contributed by atoms with Crippen molar-refractivity contribution in [2.45, 2.75) is 27.2 Å². The lowest BCUT2D eigenvalue weighted by Crippen LogP contribution is -2.13. The summed E-state index contributed by atoms with van der Waals surface area (Å²) >= 11 is 0. The van der Waals surface area contributed by atoms with Crippen molar-refractivity contribution < 1.29 is 4.74 Å². The topological polar surface area (TPSA) is 89.8 Å². The van der Waals surface area contributed by atoms with Gasteiger partial charge in [-0.25, -0.2) is 4.68 Å². The van der Waals surface area contributed by atoms with Crippen LogP contribution in [0.1, 0.15) is 29.6 Å². The molecule has 106 valence electrons. The fourth-order valence-corrected chi connectivity index (χ4v) is 2.11. The molecule has 0 aliphatic carbocycles. The summed E-state index contributed by atoms with van der Waals surface area (Å²) < 4.78 is 7.51. The number of rotatable bonds is 4. The quantitative estimate of drug-likeness (QED) is 0.659. The van der Waals surface area contributed by atoms with Gasteiger partial charge in [0.05, 0.1) is 11.4 Å². The third kappa shape index (κ3) is 2.49. The van der Waals surface area contributed by atoms with Gasteiger partial charge in [0.1, 0.15) is 11.4 Å². The molecule has 0 fully saturated rings. The molecular formula is C14H19N5O. The Morgan fingerprint density at radius 1 is 1.40 bits per heavy atom. The maximum absolute atomic E-state index is 7.66. The zero-order chi connectivity index (χ0) is 14.9. The molecule has 0 aliphatic heterocycles. The molecule has 2 heterocycles. The number of nitrogen functional groups attached to an aromatic ring is 1. The van der Waals surface area contributed by atoms with E-state index in [9.17, 15) is 0 Å². The van der Waals surface area contributed by atoms with Crippen molar-refractivity contribution in [2.24, 2.45) is 12.8 Å². The van der Waals surface area contributed by atoms with Gasteiger partial charge in [-0.05, 0) is 32.4 Å². The van der Waals surface area contributed by atoms with E-state index in [1.165, 1.54) is 0 Å². The van der Waals surface area contributed by atoms with Crippen LogP contribution in [0.25, 0.3) is 0 Å². The molecule has 0 saturated heterocycles. The Bertz CT molecular complexity index is 660. The molecule has 0 radical (unpaired) electrons. The number of nitrogens with one attached hydrogen (secondary N) is 1. The Kier molecular flexibility index (Phi) is 3.74. The molecule has 2 aromatic rings. The van der Waals surface area contributed by atoms with Crippen molar-refractivity contribution in [3.63, 3.8) is 0 Å². The highest BCUT2D eigenvalue weighted by molar-refractivity contribution is 5.98. The summed E-state index contributed by atoms with van der Waals surface area (Å²) in [7, 11) is 1.77. The monoisotopic (exact) mass is 273 g/mol. The van der Waals surface area contributed by atoms with E-state index in [4.69, 9.17) is 15.9 Å². The first-order valence-electron chi connectivity index (χ1n) is 6.46. The molecule has 0 aliphatic rings. The average Bonchev–Trinajstić information content (AvgIpc) is 2.66. The predicted octanol–water partition coefficient (Wildman–Crippen LogP) is 2.07. The Morgan fingerprint density at radius 2 is 2.10 bits per heavy atom. The van der Waals surface area contributed by atoms with E-state index in [1.807, 2.05) is 26.0 Å². The van der Waals surface area contributed by atoms with Gasteiger partial charge in [0.25, 0.3) is 0 Å². The maximum Gasteiger partial charge on any atom is 0.228 e. The van der Waals surface area contributed by atoms with Gasteiger partial charge in [-0.1, -0.05) is 6.92 Å². The van der Waals surface area contributed by atoms with Crippen molar-refractivity contribution in [1.29, 1.82) is 5.41 Å². The van der Waals surface area contributed by atoms with Crippen LogP contribution >= 0.6 is 0 Å². The van der Waals surface area contributed by atoms with Crippen molar-refractivity contribution >= 4 is 5.84 Å². The first-order valence-corrected chi connectivity index (χ1v) is 6.46. The van der Waals surface area contributed by atoms with Crippen LogP contribution < -0.4 is 10.5 Å². The van der Waals surface area contributed by atoms with Gasteiger partial charge in [-0.2, -0.15) is 5.10 Å². The van der Waals surface area contributed by atoms with Crippen LogP contribution in [-0.2, 0) is 13.5 Å². The van der Waals surface area contributed by atoms with Crippen LogP contribution in [0.3, 0.4) is 0 Å². The van der Waals surface area contributed by atoms with Crippen LogP contribution in [0, 0.1) is 19.3 Å². The van der Waals surface area contributed by atoms with Gasteiger partial charge in [0.2, 0.25) is 5.88 Å². The third-order valence-electron chi connectivity index (χ3n) is 3.05. The summed E-state index contributed by atoms with van der Waals surface area (Å²) in [6, 6.07) is 3.78. The molecule has 6 heteroatoms. The molecule has 2 rings (SSSR count). The number of hydrogen-bond donors (Lipinski definition) is 2. The largest absolute Gasteiger partial charge is 0.437 e. The number of amidine groups is 1. The molecule has 0 aromatic carbocycles. The van der Waals surface area contributed by atoms with E-state index in [1.54, 1.807) is 18.7 Å². The lowest BCUT2D eigenvalue weighted by Gasteiger charge is -2.11. The Labute approximate surface area is 118 Å². The minimum atomic E-state index is -0.0521. The van der Waals surface area contributed by atoms with Crippen molar-refractivity contribution in [3.05, 3.63) is 34.8 Å². The van der Waals surface area contributed by atoms with Gasteiger partial charge >= 0.3 is 0 Å². The lowest BCUT2D eigenvalue weighted by molar-refractivity contribution is 0.423. The van der Waals surface area contributed by atoms with Crippen LogP contribution in [0.2, 0.25) is 0 Å². The highest BCUT2D eigenvalue weighted by atomic mass is 16.5. The Balaban J connectivity index is 2.47. The van der Waals surface area contributed by atoms with Gasteiger partial charge < -0.3 is 10.5 Å². The molecule has 2 aromatic heterocycles. The molecule has 0 amide bonds. The van der Waals surface area contributed by atoms with Gasteiger partial charge in [-0.15, -0.1) is 0 Å². The smallest absolute Gasteiger partial charge is 0.228 e. The summed E-state index contributed by atoms with van der Waals surface area (Å²) in [5.74, 6) is 1.09. The van der Waals surface area contributed by atoms with Crippen LogP contribution in [0.5, 0.6) is 11.6 Å². The van der Waals surface area contributed by atoms with Crippen LogP contribution in [0.4, 0.5) is 0 Å². The molecule has 0 saturated carbocycles. The summed E-state index contributed by atoms with van der Waals surface area (Å²) in [5, 5.41) is 11.9. The standard InChI is InChI=1S/C14H19N5O/c1-5-10-11(7-6-8(2)17-10)20-14-12(13(15)16)9(3)18-19(14)4/h6-7H,5H2,1-4H3,(H3,15,16). The number of ether oxygens (including phenoxy) is 1. The van der Waals surface area contributed by atoms with E-state index in [2.05, 4.69) is 10.1 Å². The normalized spacial score (nSPS) is 10.6. The highest BCUT2D eigenvalue weighted by Crippen LogP contribution is 2.29. The first-order chi connectivity index (χ1) is 9.43. The van der Waals surface area contributed by atoms with E-state index >= 15 is 0 Å². The molecule has 20 heavy (non-hydrogen) atoms. The number of nitrogens with two attached hydrogens (primary N) is 1. The zero-order valence-corrected chi connectivity index (χ0v) is 12.2. The van der Waals surface area contributed by atoms with Crippen molar-refractivity contribution in [3.8, 4) is 11.6 Å². The Morgan fingerprint density at radius 3 is 2.70 bits per heavy atom. The second-order valence-electron chi connectivity index (χ2n) is 4.66. The van der Waals surface area contributed by atoms with E-state index in [0.29, 0.717) is 22.9 Å². The van der Waals surface area contributed by atoms with E-state index in [-0.39, 0.29) is 5.84 Å². The third-order valence-corrected chi connectivity index (χ3v) is 3.05. The number of nitrogens with zero attached hydrogens (tertiary/aromatic N) is 3. The summed E-state index contributed by atoms with van der Waals surface area (Å²) in [6.07, 6.45) is 0.767. The Hall–Kier alpha value is -2.37. The summed E-state index contributed by atoms with van der Waals surface area (Å²) in [6.45, 7) is 5.77. The molecule has 0 atom stereocenters. The number of pyridine rings is 1. The fraction of sp³-hybridized carbons (Fsp3) is 0.357. The predicted molar refractivity (Wildman–Crippen MR) is 77.4 cm³/mol. The van der Waals surface area contributed by atoms with Crippen LogP contribution in [0.15, 0.2) is 12.1 Å². The fourth-order valence-electron chi connectivity index (χ4n) is 2.11. The van der Waals surface area contributed by atoms with Crippen LogP contribution in [-0.4, -0.2) is 20.6 Å². The first kappa shape index (κ1) is 14.0. The van der Waals surface area contributed by atoms with Crippen molar-refractivity contribution in [1.82, 2.24) is 14.8 Å². The second kappa shape index (κ2) is 5.32. The molecular weight excluding hydrogens is 254 g/mol. The molecule has 0 spiro atoms. The van der Waals surface area contributed by atoms with Gasteiger partial charge in [0, 0.05) is 12.7 Å². The minimum absolute atomic E-state index is 0.0521. The maximum atomic E-state index is 7.66. The summed E-state index contributed by atoms with van der Waals surface area (Å²) in [5.41, 5.74) is 8.63. The van der Waals surface area contributed by atoms with Gasteiger partial charge in [0.15, 0.2) is 5.75 Å². The van der Waals surface area contributed by atoms with Gasteiger partial charge in [-0.3, -0.25) is 10.4 Å². The average molecular weight is 273 g/mol. The minimum Gasteiger partial charge on any atom is -0.437 e. The number of aromatic nitrogens is 3. The van der Waals surface area contributed by atoms with Crippen molar-refractivity contribution in [2.75, 3.05) is 0 Å².